The third-order valence-electron chi connectivity index (χ3n) is 4.30. The fourth-order valence-electron chi connectivity index (χ4n) is 3.06. The topological polar surface area (TPSA) is 84.1 Å². The van der Waals surface area contributed by atoms with E-state index in [2.05, 4.69) is 15.1 Å². The molecule has 7 nitrogen and oxygen atoms in total. The van der Waals surface area contributed by atoms with Crippen LogP contribution in [0.25, 0.3) is 11.3 Å². The van der Waals surface area contributed by atoms with Crippen molar-refractivity contribution in [1.82, 2.24) is 19.7 Å². The lowest BCUT2D eigenvalue weighted by Crippen LogP contribution is -2.39. The van der Waals surface area contributed by atoms with E-state index >= 15 is 0 Å². The quantitative estimate of drug-likeness (QED) is 0.911. The first-order valence-electron chi connectivity index (χ1n) is 8.00. The van der Waals surface area contributed by atoms with Gasteiger partial charge in [-0.3, -0.25) is 9.48 Å². The van der Waals surface area contributed by atoms with Gasteiger partial charge in [-0.05, 0) is 25.8 Å². The van der Waals surface area contributed by atoms with E-state index in [1.165, 1.54) is 6.07 Å². The molecule has 0 bridgehead atoms. The van der Waals surface area contributed by atoms with Gasteiger partial charge in [0.05, 0.1) is 17.3 Å². The summed E-state index contributed by atoms with van der Waals surface area (Å²) in [5.74, 6) is -1.30. The standard InChI is InChI=1S/C16H19F2N5O2/c1-9-11(8-22(2)21-9)12-6-13(14(17)18)20-16(19-12)23-5-3-4-10(7-23)15(24)25/h6,8,10,14H,3-5,7H2,1-2H3,(H,24,25). The van der Waals surface area contributed by atoms with Crippen LogP contribution < -0.4 is 4.90 Å². The summed E-state index contributed by atoms with van der Waals surface area (Å²) < 4.78 is 28.2. The van der Waals surface area contributed by atoms with Crippen LogP contribution in [0.5, 0.6) is 0 Å². The molecule has 0 aliphatic carbocycles. The molecule has 1 fully saturated rings. The molecule has 1 atom stereocenters. The van der Waals surface area contributed by atoms with Crippen molar-refractivity contribution in [3.8, 4) is 11.3 Å². The monoisotopic (exact) mass is 351 g/mol. The van der Waals surface area contributed by atoms with Gasteiger partial charge in [0, 0.05) is 31.9 Å². The molecular weight excluding hydrogens is 332 g/mol. The minimum atomic E-state index is -2.74. The van der Waals surface area contributed by atoms with Crippen LogP contribution in [0.15, 0.2) is 12.3 Å². The zero-order valence-electron chi connectivity index (χ0n) is 14.0. The first-order valence-corrected chi connectivity index (χ1v) is 8.00. The Balaban J connectivity index is 2.01. The predicted molar refractivity (Wildman–Crippen MR) is 86.5 cm³/mol. The number of rotatable bonds is 4. The van der Waals surface area contributed by atoms with E-state index in [4.69, 9.17) is 0 Å². The van der Waals surface area contributed by atoms with E-state index in [1.807, 2.05) is 0 Å². The number of piperidine rings is 1. The van der Waals surface area contributed by atoms with Crippen molar-refractivity contribution >= 4 is 11.9 Å². The molecule has 0 aromatic carbocycles. The Morgan fingerprint density at radius 1 is 1.40 bits per heavy atom. The molecule has 1 saturated heterocycles. The third kappa shape index (κ3) is 3.59. The van der Waals surface area contributed by atoms with E-state index in [0.29, 0.717) is 36.3 Å². The summed E-state index contributed by atoms with van der Waals surface area (Å²) in [6.45, 7) is 2.54. The Morgan fingerprint density at radius 3 is 2.76 bits per heavy atom. The van der Waals surface area contributed by atoms with Crippen LogP contribution in [-0.2, 0) is 11.8 Å². The Hall–Kier alpha value is -2.58. The average molecular weight is 351 g/mol. The van der Waals surface area contributed by atoms with Gasteiger partial charge in [-0.2, -0.15) is 5.10 Å². The molecule has 9 heteroatoms. The summed E-state index contributed by atoms with van der Waals surface area (Å²) in [5.41, 5.74) is 1.32. The molecule has 0 saturated carbocycles. The van der Waals surface area contributed by atoms with Crippen LogP contribution in [0.1, 0.15) is 30.7 Å². The molecule has 0 radical (unpaired) electrons. The molecule has 25 heavy (non-hydrogen) atoms. The SMILES string of the molecule is Cc1nn(C)cc1-c1cc(C(F)F)nc(N2CCCC(C(=O)O)C2)n1. The normalized spacial score (nSPS) is 18.0. The summed E-state index contributed by atoms with van der Waals surface area (Å²) >= 11 is 0. The van der Waals surface area contributed by atoms with Gasteiger partial charge in [0.15, 0.2) is 0 Å². The van der Waals surface area contributed by atoms with E-state index in [9.17, 15) is 18.7 Å². The number of hydrogen-bond acceptors (Lipinski definition) is 5. The molecule has 0 spiro atoms. The fourth-order valence-corrected chi connectivity index (χ4v) is 3.06. The second kappa shape index (κ2) is 6.73. The lowest BCUT2D eigenvalue weighted by molar-refractivity contribution is -0.141. The number of aliphatic carboxylic acids is 1. The van der Waals surface area contributed by atoms with Gasteiger partial charge in [0.25, 0.3) is 6.43 Å². The van der Waals surface area contributed by atoms with Crippen molar-refractivity contribution < 1.29 is 18.7 Å². The highest BCUT2D eigenvalue weighted by Gasteiger charge is 2.28. The lowest BCUT2D eigenvalue weighted by atomic mass is 9.99. The minimum Gasteiger partial charge on any atom is -0.481 e. The number of alkyl halides is 2. The lowest BCUT2D eigenvalue weighted by Gasteiger charge is -2.31. The van der Waals surface area contributed by atoms with Gasteiger partial charge in [0.1, 0.15) is 5.69 Å². The highest BCUT2D eigenvalue weighted by atomic mass is 19.3. The smallest absolute Gasteiger partial charge is 0.308 e. The first kappa shape index (κ1) is 17.2. The maximum atomic E-state index is 13.3. The molecule has 3 heterocycles. The number of carboxylic acid groups (broad SMARTS) is 1. The molecule has 3 rings (SSSR count). The molecule has 1 aliphatic heterocycles. The highest BCUT2D eigenvalue weighted by molar-refractivity contribution is 5.71. The van der Waals surface area contributed by atoms with Crippen LogP contribution in [0.2, 0.25) is 0 Å². The van der Waals surface area contributed by atoms with Crippen molar-refractivity contribution in [3.63, 3.8) is 0 Å². The molecule has 1 unspecified atom stereocenters. The summed E-state index contributed by atoms with van der Waals surface area (Å²) in [7, 11) is 1.74. The van der Waals surface area contributed by atoms with E-state index in [0.717, 1.165) is 0 Å². The van der Waals surface area contributed by atoms with Crippen LogP contribution in [0.3, 0.4) is 0 Å². The Kier molecular flexibility index (Phi) is 4.65. The van der Waals surface area contributed by atoms with Crippen LogP contribution >= 0.6 is 0 Å². The van der Waals surface area contributed by atoms with E-state index in [-0.39, 0.29) is 18.2 Å². The van der Waals surface area contributed by atoms with E-state index < -0.39 is 18.3 Å². The third-order valence-corrected chi connectivity index (χ3v) is 4.30. The molecular formula is C16H19F2N5O2. The number of carbonyl (C=O) groups is 1. The molecule has 1 N–H and O–H groups in total. The number of anilines is 1. The molecule has 2 aromatic rings. The second-order valence-electron chi connectivity index (χ2n) is 6.20. The van der Waals surface area contributed by atoms with Gasteiger partial charge in [-0.1, -0.05) is 0 Å². The fraction of sp³-hybridized carbons (Fsp3) is 0.500. The average Bonchev–Trinajstić information content (AvgIpc) is 2.93. The number of carboxylic acids is 1. The van der Waals surface area contributed by atoms with Crippen molar-refractivity contribution in [1.29, 1.82) is 0 Å². The second-order valence-corrected chi connectivity index (χ2v) is 6.20. The first-order chi connectivity index (χ1) is 11.8. The van der Waals surface area contributed by atoms with Gasteiger partial charge in [0.2, 0.25) is 5.95 Å². The molecule has 1 aliphatic rings. The van der Waals surface area contributed by atoms with Crippen LogP contribution in [0, 0.1) is 12.8 Å². The van der Waals surface area contributed by atoms with Gasteiger partial charge in [-0.15, -0.1) is 0 Å². The van der Waals surface area contributed by atoms with E-state index in [1.54, 1.807) is 29.7 Å². The number of nitrogens with zero attached hydrogens (tertiary/aromatic N) is 5. The molecule has 2 aromatic heterocycles. The molecule has 0 amide bonds. The number of aryl methyl sites for hydroxylation is 2. The Labute approximate surface area is 143 Å². The maximum Gasteiger partial charge on any atom is 0.308 e. The molecule has 134 valence electrons. The van der Waals surface area contributed by atoms with Gasteiger partial charge >= 0.3 is 5.97 Å². The Morgan fingerprint density at radius 2 is 2.16 bits per heavy atom. The zero-order chi connectivity index (χ0) is 18.1. The number of hydrogen-bond donors (Lipinski definition) is 1. The zero-order valence-corrected chi connectivity index (χ0v) is 14.0. The summed E-state index contributed by atoms with van der Waals surface area (Å²) in [4.78, 5) is 21.3. The largest absolute Gasteiger partial charge is 0.481 e. The predicted octanol–water partition coefficient (Wildman–Crippen LogP) is 2.42. The van der Waals surface area contributed by atoms with Gasteiger partial charge in [-0.25, -0.2) is 18.7 Å². The van der Waals surface area contributed by atoms with Crippen LogP contribution in [-0.4, -0.2) is 43.9 Å². The van der Waals surface area contributed by atoms with Crippen molar-refractivity contribution in [2.45, 2.75) is 26.2 Å². The summed E-state index contributed by atoms with van der Waals surface area (Å²) in [6.07, 6.45) is 0.195. The summed E-state index contributed by atoms with van der Waals surface area (Å²) in [6, 6.07) is 1.26. The highest BCUT2D eigenvalue weighted by Crippen LogP contribution is 2.29. The number of halogens is 2. The maximum absolute atomic E-state index is 13.3. The van der Waals surface area contributed by atoms with Crippen molar-refractivity contribution in [2.24, 2.45) is 13.0 Å². The van der Waals surface area contributed by atoms with Crippen molar-refractivity contribution in [2.75, 3.05) is 18.0 Å². The summed E-state index contributed by atoms with van der Waals surface area (Å²) in [5, 5.41) is 13.4. The number of aromatic nitrogens is 4. The minimum absolute atomic E-state index is 0.141. The Bertz CT molecular complexity index is 793. The van der Waals surface area contributed by atoms with Gasteiger partial charge < -0.3 is 10.0 Å². The van der Waals surface area contributed by atoms with Crippen molar-refractivity contribution in [3.05, 3.63) is 23.7 Å². The van der Waals surface area contributed by atoms with Crippen LogP contribution in [0.4, 0.5) is 14.7 Å².